The zero-order valence-electron chi connectivity index (χ0n) is 11.7. The predicted octanol–water partition coefficient (Wildman–Crippen LogP) is 1.76. The van der Waals surface area contributed by atoms with E-state index in [4.69, 9.17) is 4.74 Å². The van der Waals surface area contributed by atoms with E-state index in [9.17, 15) is 4.79 Å². The van der Waals surface area contributed by atoms with Gasteiger partial charge in [-0.1, -0.05) is 12.1 Å². The van der Waals surface area contributed by atoms with Gasteiger partial charge in [-0.2, -0.15) is 0 Å². The Kier molecular flexibility index (Phi) is 4.80. The summed E-state index contributed by atoms with van der Waals surface area (Å²) in [4.78, 5) is 11.8. The molecule has 1 atom stereocenters. The lowest BCUT2D eigenvalue weighted by Crippen LogP contribution is -2.42. The Bertz CT molecular complexity index is 446. The van der Waals surface area contributed by atoms with Crippen LogP contribution >= 0.6 is 0 Å². The molecule has 0 aromatic heterocycles. The highest BCUT2D eigenvalue weighted by molar-refractivity contribution is 5.81. The second-order valence-corrected chi connectivity index (χ2v) is 5.02. The van der Waals surface area contributed by atoms with E-state index in [0.29, 0.717) is 6.54 Å². The van der Waals surface area contributed by atoms with Crippen molar-refractivity contribution in [3.8, 4) is 5.75 Å². The monoisotopic (exact) mass is 262 g/mol. The van der Waals surface area contributed by atoms with E-state index in [0.717, 1.165) is 37.1 Å². The number of nitrogens with one attached hydrogen (secondary N) is 2. The van der Waals surface area contributed by atoms with Crippen molar-refractivity contribution in [1.29, 1.82) is 0 Å². The van der Waals surface area contributed by atoms with Gasteiger partial charge in [0.05, 0.1) is 13.2 Å². The van der Waals surface area contributed by atoms with Gasteiger partial charge in [-0.05, 0) is 43.4 Å². The lowest BCUT2D eigenvalue weighted by molar-refractivity contribution is -0.122. The van der Waals surface area contributed by atoms with Gasteiger partial charge in [-0.15, -0.1) is 0 Å². The number of ether oxygens (including phenoxy) is 1. The molecule has 1 aliphatic rings. The fourth-order valence-corrected chi connectivity index (χ4v) is 2.43. The Morgan fingerprint density at radius 3 is 3.00 bits per heavy atom. The molecule has 1 fully saturated rings. The minimum Gasteiger partial charge on any atom is -0.496 e. The fourth-order valence-electron chi connectivity index (χ4n) is 2.43. The zero-order chi connectivity index (χ0) is 13.7. The van der Waals surface area contributed by atoms with Crippen LogP contribution < -0.4 is 15.4 Å². The lowest BCUT2D eigenvalue weighted by Gasteiger charge is -2.15. The smallest absolute Gasteiger partial charge is 0.237 e. The first-order valence-corrected chi connectivity index (χ1v) is 6.85. The first-order valence-electron chi connectivity index (χ1n) is 6.85. The van der Waals surface area contributed by atoms with Crippen molar-refractivity contribution in [2.24, 2.45) is 0 Å². The van der Waals surface area contributed by atoms with Crippen LogP contribution in [0.15, 0.2) is 18.2 Å². The zero-order valence-corrected chi connectivity index (χ0v) is 11.7. The number of rotatable bonds is 4. The van der Waals surface area contributed by atoms with Crippen LogP contribution in [0.2, 0.25) is 0 Å². The molecule has 1 aliphatic heterocycles. The topological polar surface area (TPSA) is 50.4 Å². The molecule has 0 spiro atoms. The SMILES string of the molecule is COc1ccc(CNC2CCCCNC2=O)cc1C. The second-order valence-electron chi connectivity index (χ2n) is 5.02. The second kappa shape index (κ2) is 6.57. The summed E-state index contributed by atoms with van der Waals surface area (Å²) in [6, 6.07) is 6.04. The van der Waals surface area contributed by atoms with Crippen molar-refractivity contribution < 1.29 is 9.53 Å². The molecule has 2 N–H and O–H groups in total. The normalized spacial score (nSPS) is 19.7. The number of methoxy groups -OCH3 is 1. The van der Waals surface area contributed by atoms with Crippen LogP contribution in [0.25, 0.3) is 0 Å². The average Bonchev–Trinajstić information content (AvgIpc) is 2.61. The molecule has 0 radical (unpaired) electrons. The van der Waals surface area contributed by atoms with Gasteiger partial charge >= 0.3 is 0 Å². The van der Waals surface area contributed by atoms with Gasteiger partial charge in [0.25, 0.3) is 0 Å². The Hall–Kier alpha value is -1.55. The first kappa shape index (κ1) is 13.9. The van der Waals surface area contributed by atoms with E-state index in [1.54, 1.807) is 7.11 Å². The Labute approximate surface area is 114 Å². The third-order valence-electron chi connectivity index (χ3n) is 3.55. The van der Waals surface area contributed by atoms with Crippen molar-refractivity contribution in [2.75, 3.05) is 13.7 Å². The number of carbonyl (C=O) groups excluding carboxylic acids is 1. The third-order valence-corrected chi connectivity index (χ3v) is 3.55. The quantitative estimate of drug-likeness (QED) is 0.869. The number of aryl methyl sites for hydroxylation is 1. The van der Waals surface area contributed by atoms with Gasteiger partial charge in [0, 0.05) is 13.1 Å². The van der Waals surface area contributed by atoms with Crippen LogP contribution in [0.1, 0.15) is 30.4 Å². The van der Waals surface area contributed by atoms with E-state index in [1.165, 1.54) is 5.56 Å². The molecule has 1 aromatic carbocycles. The number of hydrogen-bond donors (Lipinski definition) is 2. The molecule has 4 nitrogen and oxygen atoms in total. The number of benzene rings is 1. The molecule has 1 heterocycles. The fraction of sp³-hybridized carbons (Fsp3) is 0.533. The maximum atomic E-state index is 11.8. The number of hydrogen-bond acceptors (Lipinski definition) is 3. The molecule has 104 valence electrons. The molecule has 1 unspecified atom stereocenters. The summed E-state index contributed by atoms with van der Waals surface area (Å²) in [7, 11) is 1.68. The minimum absolute atomic E-state index is 0.0649. The van der Waals surface area contributed by atoms with Crippen molar-refractivity contribution in [3.63, 3.8) is 0 Å². The van der Waals surface area contributed by atoms with Crippen molar-refractivity contribution >= 4 is 5.91 Å². The minimum atomic E-state index is -0.0649. The highest BCUT2D eigenvalue weighted by Crippen LogP contribution is 2.18. The maximum absolute atomic E-state index is 11.8. The summed E-state index contributed by atoms with van der Waals surface area (Å²) in [5.74, 6) is 1.03. The van der Waals surface area contributed by atoms with Crippen molar-refractivity contribution in [1.82, 2.24) is 10.6 Å². The van der Waals surface area contributed by atoms with Crippen LogP contribution in [0.3, 0.4) is 0 Å². The Balaban J connectivity index is 1.94. The van der Waals surface area contributed by atoms with Gasteiger partial charge in [0.2, 0.25) is 5.91 Å². The average molecular weight is 262 g/mol. The van der Waals surface area contributed by atoms with Crippen molar-refractivity contribution in [2.45, 2.75) is 38.8 Å². The van der Waals surface area contributed by atoms with E-state index < -0.39 is 0 Å². The predicted molar refractivity (Wildman–Crippen MR) is 75.2 cm³/mol. The highest BCUT2D eigenvalue weighted by Gasteiger charge is 2.19. The molecule has 19 heavy (non-hydrogen) atoms. The van der Waals surface area contributed by atoms with E-state index in [-0.39, 0.29) is 11.9 Å². The molecule has 4 heteroatoms. The molecule has 2 rings (SSSR count). The highest BCUT2D eigenvalue weighted by atomic mass is 16.5. The molecular weight excluding hydrogens is 240 g/mol. The number of carbonyl (C=O) groups is 1. The van der Waals surface area contributed by atoms with E-state index in [2.05, 4.69) is 16.7 Å². The molecule has 1 amide bonds. The standard InChI is InChI=1S/C15H22N2O2/c1-11-9-12(6-7-14(11)19-2)10-17-13-5-3-4-8-16-15(13)18/h6-7,9,13,17H,3-5,8,10H2,1-2H3,(H,16,18). The maximum Gasteiger partial charge on any atom is 0.237 e. The van der Waals surface area contributed by atoms with Gasteiger partial charge in [0.1, 0.15) is 5.75 Å². The van der Waals surface area contributed by atoms with Gasteiger partial charge < -0.3 is 15.4 Å². The summed E-state index contributed by atoms with van der Waals surface area (Å²) >= 11 is 0. The summed E-state index contributed by atoms with van der Waals surface area (Å²) in [5, 5.41) is 6.28. The molecule has 0 saturated carbocycles. The molecule has 0 aliphatic carbocycles. The van der Waals surface area contributed by atoms with Crippen LogP contribution in [-0.2, 0) is 11.3 Å². The van der Waals surface area contributed by atoms with Gasteiger partial charge in [-0.25, -0.2) is 0 Å². The van der Waals surface area contributed by atoms with E-state index >= 15 is 0 Å². The van der Waals surface area contributed by atoms with Crippen LogP contribution in [0.5, 0.6) is 5.75 Å². The first-order chi connectivity index (χ1) is 9.20. The van der Waals surface area contributed by atoms with Crippen LogP contribution in [0.4, 0.5) is 0 Å². The van der Waals surface area contributed by atoms with Crippen LogP contribution in [-0.4, -0.2) is 25.6 Å². The largest absolute Gasteiger partial charge is 0.496 e. The van der Waals surface area contributed by atoms with Crippen LogP contribution in [0, 0.1) is 6.92 Å². The number of amides is 1. The molecule has 1 saturated heterocycles. The lowest BCUT2D eigenvalue weighted by atomic mass is 10.1. The van der Waals surface area contributed by atoms with Gasteiger partial charge in [0.15, 0.2) is 0 Å². The van der Waals surface area contributed by atoms with E-state index in [1.807, 2.05) is 19.1 Å². The Morgan fingerprint density at radius 1 is 1.42 bits per heavy atom. The summed E-state index contributed by atoms with van der Waals surface area (Å²) in [6.07, 6.45) is 3.09. The molecular formula is C15H22N2O2. The van der Waals surface area contributed by atoms with Gasteiger partial charge in [-0.3, -0.25) is 4.79 Å². The summed E-state index contributed by atoms with van der Waals surface area (Å²) in [6.45, 7) is 3.54. The van der Waals surface area contributed by atoms with Crippen molar-refractivity contribution in [3.05, 3.63) is 29.3 Å². The molecule has 0 bridgehead atoms. The summed E-state index contributed by atoms with van der Waals surface area (Å²) < 4.78 is 5.24. The third kappa shape index (κ3) is 3.70. The molecule has 1 aromatic rings. The summed E-state index contributed by atoms with van der Waals surface area (Å²) in [5.41, 5.74) is 2.29. The Morgan fingerprint density at radius 2 is 2.26 bits per heavy atom.